The Morgan fingerprint density at radius 1 is 1.09 bits per heavy atom. The molecule has 0 bridgehead atoms. The summed E-state index contributed by atoms with van der Waals surface area (Å²) in [5, 5.41) is 0. The number of Topliss-reactive ketones (excluding diaryl/α,β-unsaturated/α-hetero) is 1. The number of esters is 1. The molecule has 0 N–H and O–H groups in total. The molecule has 1 spiro atoms. The molecule has 0 aromatic heterocycles. The molecule has 5 nitrogen and oxygen atoms in total. The van der Waals surface area contributed by atoms with Crippen molar-refractivity contribution in [3.05, 3.63) is 0 Å². The first kappa shape index (κ1) is 24.9. The molecule has 6 rings (SSSR count). The third-order valence-corrected chi connectivity index (χ3v) is 13.1. The average Bonchev–Trinajstić information content (AvgIpc) is 3.24. The van der Waals surface area contributed by atoms with E-state index in [1.165, 1.54) is 19.8 Å². The molecule has 35 heavy (non-hydrogen) atoms. The first-order valence-corrected chi connectivity index (χ1v) is 15.1. The molecular weight excluding hydrogens is 508 g/mol. The van der Waals surface area contributed by atoms with E-state index in [4.69, 9.17) is 14.2 Å². The fourth-order valence-electron chi connectivity index (χ4n) is 10.3. The number of ether oxygens (including phenoxy) is 3. The van der Waals surface area contributed by atoms with Crippen molar-refractivity contribution >= 4 is 27.7 Å². The van der Waals surface area contributed by atoms with Gasteiger partial charge in [0.2, 0.25) is 0 Å². The van der Waals surface area contributed by atoms with E-state index in [1.54, 1.807) is 0 Å². The number of rotatable bonds is 1. The Kier molecular flexibility index (Phi) is 5.87. The average molecular weight is 552 g/mol. The normalized spacial score (nSPS) is 57.3. The molecule has 0 aromatic carbocycles. The lowest BCUT2D eigenvalue weighted by Gasteiger charge is -2.60. The molecule has 6 fully saturated rings. The number of carbonyl (C=O) groups excluding carboxylic acids is 2. The summed E-state index contributed by atoms with van der Waals surface area (Å²) in [4.78, 5) is 25.9. The Morgan fingerprint density at radius 2 is 1.86 bits per heavy atom. The van der Waals surface area contributed by atoms with Crippen LogP contribution < -0.4 is 0 Å². The molecule has 0 amide bonds. The van der Waals surface area contributed by atoms with Crippen molar-refractivity contribution in [1.82, 2.24) is 0 Å². The highest BCUT2D eigenvalue weighted by atomic mass is 79.9. The van der Waals surface area contributed by atoms with E-state index < -0.39 is 5.79 Å². The minimum atomic E-state index is -0.592. The summed E-state index contributed by atoms with van der Waals surface area (Å²) < 4.78 is 19.0. The summed E-state index contributed by atoms with van der Waals surface area (Å²) >= 11 is 3.94. The van der Waals surface area contributed by atoms with Crippen LogP contribution in [0.3, 0.4) is 0 Å². The Hall–Kier alpha value is -0.460. The molecule has 2 heterocycles. The van der Waals surface area contributed by atoms with Crippen molar-refractivity contribution in [2.75, 3.05) is 6.61 Å². The molecule has 0 radical (unpaired) electrons. The predicted molar refractivity (Wildman–Crippen MR) is 136 cm³/mol. The van der Waals surface area contributed by atoms with Crippen molar-refractivity contribution in [1.29, 1.82) is 0 Å². The molecule has 4 saturated carbocycles. The van der Waals surface area contributed by atoms with Crippen LogP contribution in [0.15, 0.2) is 0 Å². The highest BCUT2D eigenvalue weighted by Gasteiger charge is 2.72. The quantitative estimate of drug-likeness (QED) is 0.299. The Bertz CT molecular complexity index is 908. The van der Waals surface area contributed by atoms with Crippen LogP contribution >= 0.6 is 15.9 Å². The number of hydrogen-bond acceptors (Lipinski definition) is 5. The summed E-state index contributed by atoms with van der Waals surface area (Å²) in [6.45, 7) is 11.5. The Labute approximate surface area is 218 Å². The van der Waals surface area contributed by atoms with Gasteiger partial charge in [0.25, 0.3) is 0 Å². The second-order valence-electron chi connectivity index (χ2n) is 13.6. The smallest absolute Gasteiger partial charge is 0.302 e. The maximum Gasteiger partial charge on any atom is 0.302 e. The van der Waals surface area contributed by atoms with Crippen LogP contribution in [-0.2, 0) is 23.8 Å². The zero-order valence-electron chi connectivity index (χ0n) is 22.1. The topological polar surface area (TPSA) is 61.8 Å². The number of hydrogen-bond donors (Lipinski definition) is 0. The predicted octanol–water partition coefficient (Wildman–Crippen LogP) is 5.92. The van der Waals surface area contributed by atoms with Crippen LogP contribution in [0, 0.1) is 52.3 Å². The van der Waals surface area contributed by atoms with E-state index in [0.29, 0.717) is 41.8 Å². The molecule has 2 aliphatic heterocycles. The minimum Gasteiger partial charge on any atom is -0.463 e. The van der Waals surface area contributed by atoms with Crippen molar-refractivity contribution in [2.24, 2.45) is 52.3 Å². The van der Waals surface area contributed by atoms with Gasteiger partial charge in [0.15, 0.2) is 5.79 Å². The summed E-state index contributed by atoms with van der Waals surface area (Å²) in [7, 11) is 0. The van der Waals surface area contributed by atoms with Crippen LogP contribution in [0.4, 0.5) is 0 Å². The van der Waals surface area contributed by atoms with Crippen LogP contribution in [0.2, 0.25) is 0 Å². The van der Waals surface area contributed by atoms with Gasteiger partial charge in [-0.2, -0.15) is 0 Å². The molecule has 1 unspecified atom stereocenters. The van der Waals surface area contributed by atoms with E-state index in [2.05, 4.69) is 43.6 Å². The standard InChI is InChI=1S/C29H43BrO5/c1-15-10-24(30)29(33-14-15)16(2)26-23(35-29)12-22-20-7-6-18-11-19(34-17(3)31)8-9-27(18,4)21(20)13-25(32)28(22,26)5/h15-16,18-24,26H,6-14H2,1-5H3/t15-,16+,18+,19+,20-,21+,22+,23+,24?,26+,27+,28-,29+/m1/s1. The first-order valence-electron chi connectivity index (χ1n) is 14.2. The zero-order chi connectivity index (χ0) is 24.9. The molecule has 4 aliphatic carbocycles. The highest BCUT2D eigenvalue weighted by Crippen LogP contribution is 2.70. The maximum absolute atomic E-state index is 14.2. The van der Waals surface area contributed by atoms with Gasteiger partial charge in [-0.25, -0.2) is 0 Å². The minimum absolute atomic E-state index is 0.0540. The number of ketones is 1. The van der Waals surface area contributed by atoms with E-state index >= 15 is 0 Å². The summed E-state index contributed by atoms with van der Waals surface area (Å²) in [5.41, 5.74) is -0.141. The van der Waals surface area contributed by atoms with E-state index in [0.717, 1.165) is 38.7 Å². The van der Waals surface area contributed by atoms with E-state index in [9.17, 15) is 9.59 Å². The summed E-state index contributed by atoms with van der Waals surface area (Å²) in [6, 6.07) is 0. The van der Waals surface area contributed by atoms with Gasteiger partial charge in [-0.1, -0.05) is 43.6 Å². The number of carbonyl (C=O) groups is 2. The summed E-state index contributed by atoms with van der Waals surface area (Å²) in [5.74, 6) is 2.67. The zero-order valence-corrected chi connectivity index (χ0v) is 23.6. The van der Waals surface area contributed by atoms with Crippen molar-refractivity contribution in [2.45, 2.75) is 109 Å². The SMILES string of the molecule is CC(=O)O[C@H]1CC[C@@]2(C)[C@@H](CC[C@@H]3[C@@H]2CC(=O)[C@]2(C)[C@@H]4[C@H](C[C@@H]32)O[C@@]2(OC[C@H](C)CC2Br)[C@H]4C)C1. The lowest BCUT2D eigenvalue weighted by atomic mass is 9.44. The molecule has 13 atom stereocenters. The lowest BCUT2D eigenvalue weighted by molar-refractivity contribution is -0.267. The van der Waals surface area contributed by atoms with Gasteiger partial charge in [0.1, 0.15) is 11.9 Å². The third kappa shape index (κ3) is 3.37. The number of alkyl halides is 1. The van der Waals surface area contributed by atoms with E-state index in [-0.39, 0.29) is 45.7 Å². The third-order valence-electron chi connectivity index (χ3n) is 12.1. The second-order valence-corrected chi connectivity index (χ2v) is 14.7. The van der Waals surface area contributed by atoms with Gasteiger partial charge in [-0.05, 0) is 80.0 Å². The molecule has 0 aromatic rings. The van der Waals surface area contributed by atoms with Crippen LogP contribution in [0.5, 0.6) is 0 Å². The van der Waals surface area contributed by atoms with Crippen LogP contribution in [0.25, 0.3) is 0 Å². The van der Waals surface area contributed by atoms with E-state index in [1.807, 2.05) is 0 Å². The fraction of sp³-hybridized carbons (Fsp3) is 0.931. The first-order chi connectivity index (χ1) is 16.5. The maximum atomic E-state index is 14.2. The van der Waals surface area contributed by atoms with Gasteiger partial charge in [0, 0.05) is 30.6 Å². The molecule has 6 aliphatic rings. The Balaban J connectivity index is 1.26. The van der Waals surface area contributed by atoms with Crippen LogP contribution in [0.1, 0.15) is 86.0 Å². The van der Waals surface area contributed by atoms with Gasteiger partial charge in [-0.3, -0.25) is 9.59 Å². The largest absolute Gasteiger partial charge is 0.463 e. The lowest BCUT2D eigenvalue weighted by Crippen LogP contribution is -2.59. The van der Waals surface area contributed by atoms with Crippen LogP contribution in [-0.4, -0.2) is 41.2 Å². The van der Waals surface area contributed by atoms with Gasteiger partial charge < -0.3 is 14.2 Å². The molecular formula is C29H43BrO5. The highest BCUT2D eigenvalue weighted by molar-refractivity contribution is 9.09. The number of fused-ring (bicyclic) bond motifs is 7. The molecule has 6 heteroatoms. The van der Waals surface area contributed by atoms with Crippen molar-refractivity contribution in [3.8, 4) is 0 Å². The van der Waals surface area contributed by atoms with Gasteiger partial charge in [-0.15, -0.1) is 0 Å². The monoisotopic (exact) mass is 550 g/mol. The fourth-order valence-corrected chi connectivity index (χ4v) is 11.6. The van der Waals surface area contributed by atoms with Crippen molar-refractivity contribution < 1.29 is 23.8 Å². The van der Waals surface area contributed by atoms with Crippen molar-refractivity contribution in [3.63, 3.8) is 0 Å². The second kappa shape index (κ2) is 8.27. The molecule has 196 valence electrons. The summed E-state index contributed by atoms with van der Waals surface area (Å²) in [6.07, 6.45) is 8.27. The van der Waals surface area contributed by atoms with Gasteiger partial charge in [0.05, 0.1) is 17.5 Å². The molecule has 2 saturated heterocycles. The van der Waals surface area contributed by atoms with Gasteiger partial charge >= 0.3 is 5.97 Å². The number of halogens is 1. The Morgan fingerprint density at radius 3 is 2.57 bits per heavy atom.